The van der Waals surface area contributed by atoms with Crippen molar-refractivity contribution in [1.29, 1.82) is 0 Å². The quantitative estimate of drug-likeness (QED) is 0.724. The molecule has 2 rings (SSSR count). The smallest absolute Gasteiger partial charge is 0.307 e. The van der Waals surface area contributed by atoms with Crippen molar-refractivity contribution < 1.29 is 14.7 Å². The molecule has 106 valence electrons. The molecule has 0 saturated heterocycles. The fourth-order valence-corrected chi connectivity index (χ4v) is 2.77. The van der Waals surface area contributed by atoms with Crippen LogP contribution in [0, 0.1) is 17.8 Å². The Morgan fingerprint density at radius 1 is 1.26 bits per heavy atom. The van der Waals surface area contributed by atoms with Gasteiger partial charge in [-0.2, -0.15) is 0 Å². The van der Waals surface area contributed by atoms with Crippen LogP contribution in [0.2, 0.25) is 0 Å². The summed E-state index contributed by atoms with van der Waals surface area (Å²) in [5.41, 5.74) is 0. The van der Waals surface area contributed by atoms with Gasteiger partial charge < -0.3 is 10.4 Å². The summed E-state index contributed by atoms with van der Waals surface area (Å²) < 4.78 is 0. The molecule has 2 aliphatic rings. The highest BCUT2D eigenvalue weighted by molar-refractivity contribution is 5.85. The van der Waals surface area contributed by atoms with E-state index >= 15 is 0 Å². The van der Waals surface area contributed by atoms with Crippen LogP contribution in [0.4, 0.5) is 0 Å². The second-order valence-electron chi connectivity index (χ2n) is 5.79. The lowest BCUT2D eigenvalue weighted by atomic mass is 9.82. The van der Waals surface area contributed by atoms with Gasteiger partial charge in [-0.3, -0.25) is 9.59 Å². The zero-order valence-electron chi connectivity index (χ0n) is 11.5. The third kappa shape index (κ3) is 3.82. The van der Waals surface area contributed by atoms with Crippen molar-refractivity contribution >= 4 is 11.9 Å². The minimum absolute atomic E-state index is 0.0794. The summed E-state index contributed by atoms with van der Waals surface area (Å²) in [7, 11) is 0. The van der Waals surface area contributed by atoms with Gasteiger partial charge in [0, 0.05) is 6.04 Å². The molecule has 0 heterocycles. The highest BCUT2D eigenvalue weighted by atomic mass is 16.4. The average Bonchev–Trinajstić information content (AvgIpc) is 3.21. The number of hydrogen-bond donors (Lipinski definition) is 2. The summed E-state index contributed by atoms with van der Waals surface area (Å²) in [5.74, 6) is -1.14. The summed E-state index contributed by atoms with van der Waals surface area (Å²) in [6.07, 6.45) is 9.31. The number of carboxylic acid groups (broad SMARTS) is 1. The Morgan fingerprint density at radius 3 is 2.42 bits per heavy atom. The topological polar surface area (TPSA) is 66.4 Å². The Hall–Kier alpha value is -1.32. The molecule has 0 aromatic carbocycles. The molecule has 3 atom stereocenters. The summed E-state index contributed by atoms with van der Waals surface area (Å²) in [4.78, 5) is 23.5. The van der Waals surface area contributed by atoms with Crippen LogP contribution in [0.1, 0.15) is 45.4 Å². The molecule has 0 spiro atoms. The first-order valence-corrected chi connectivity index (χ1v) is 7.30. The van der Waals surface area contributed by atoms with Crippen LogP contribution in [0.25, 0.3) is 0 Å². The predicted octanol–water partition coefficient (Wildman–Crippen LogP) is 2.35. The van der Waals surface area contributed by atoms with Crippen LogP contribution in [0.3, 0.4) is 0 Å². The number of carboxylic acids is 1. The van der Waals surface area contributed by atoms with E-state index in [9.17, 15) is 14.7 Å². The van der Waals surface area contributed by atoms with Gasteiger partial charge >= 0.3 is 5.97 Å². The summed E-state index contributed by atoms with van der Waals surface area (Å²) in [6.45, 7) is 2.07. The van der Waals surface area contributed by atoms with Crippen LogP contribution in [-0.4, -0.2) is 23.0 Å². The number of carbonyl (C=O) groups excluding carboxylic acids is 1. The van der Waals surface area contributed by atoms with Crippen LogP contribution >= 0.6 is 0 Å². The highest BCUT2D eigenvalue weighted by Gasteiger charge is 2.35. The van der Waals surface area contributed by atoms with Gasteiger partial charge in [0.15, 0.2) is 0 Å². The Balaban J connectivity index is 1.92. The van der Waals surface area contributed by atoms with Crippen LogP contribution in [0.5, 0.6) is 0 Å². The zero-order chi connectivity index (χ0) is 13.8. The van der Waals surface area contributed by atoms with E-state index in [-0.39, 0.29) is 11.9 Å². The standard InChI is InChI=1S/C15H23NO3/c1-2-11(9-10-7-8-10)16-14(17)12-5-3-4-6-13(12)15(18)19/h3-4,10-13H,2,5-9H2,1H3,(H,16,17)(H,18,19)/t11?,12-,13+/m1/s1. The number of allylic oxidation sites excluding steroid dienone is 2. The maximum absolute atomic E-state index is 12.3. The molecule has 1 unspecified atom stereocenters. The van der Waals surface area contributed by atoms with Gasteiger partial charge in [-0.1, -0.05) is 31.9 Å². The van der Waals surface area contributed by atoms with Crippen molar-refractivity contribution in [2.24, 2.45) is 17.8 Å². The normalized spacial score (nSPS) is 27.8. The lowest BCUT2D eigenvalue weighted by Crippen LogP contribution is -2.43. The van der Waals surface area contributed by atoms with E-state index < -0.39 is 17.8 Å². The first kappa shape index (κ1) is 14.1. The van der Waals surface area contributed by atoms with Crippen molar-refractivity contribution in [3.63, 3.8) is 0 Å². The molecule has 19 heavy (non-hydrogen) atoms. The molecular formula is C15H23NO3. The van der Waals surface area contributed by atoms with Crippen molar-refractivity contribution in [3.8, 4) is 0 Å². The minimum Gasteiger partial charge on any atom is -0.481 e. The van der Waals surface area contributed by atoms with Gasteiger partial charge in [-0.05, 0) is 31.6 Å². The van der Waals surface area contributed by atoms with E-state index in [1.807, 2.05) is 12.2 Å². The fraction of sp³-hybridized carbons (Fsp3) is 0.733. The monoisotopic (exact) mass is 265 g/mol. The molecule has 0 radical (unpaired) electrons. The lowest BCUT2D eigenvalue weighted by molar-refractivity contribution is -0.147. The van der Waals surface area contributed by atoms with Gasteiger partial charge in [0.25, 0.3) is 0 Å². The maximum Gasteiger partial charge on any atom is 0.307 e. The molecule has 1 fully saturated rings. The van der Waals surface area contributed by atoms with Gasteiger partial charge in [0.1, 0.15) is 0 Å². The third-order valence-corrected chi connectivity index (χ3v) is 4.24. The largest absolute Gasteiger partial charge is 0.481 e. The lowest BCUT2D eigenvalue weighted by Gasteiger charge is -2.26. The van der Waals surface area contributed by atoms with E-state index in [0.29, 0.717) is 12.8 Å². The van der Waals surface area contributed by atoms with Gasteiger partial charge in [-0.15, -0.1) is 0 Å². The van der Waals surface area contributed by atoms with Gasteiger partial charge in [0.2, 0.25) is 5.91 Å². The highest BCUT2D eigenvalue weighted by Crippen LogP contribution is 2.34. The molecule has 0 aliphatic heterocycles. The SMILES string of the molecule is CCC(CC1CC1)NC(=O)[C@@H]1CC=CC[C@@H]1C(=O)O. The van der Waals surface area contributed by atoms with E-state index in [2.05, 4.69) is 12.2 Å². The van der Waals surface area contributed by atoms with E-state index in [1.54, 1.807) is 0 Å². The Kier molecular flexibility index (Phi) is 4.61. The Morgan fingerprint density at radius 2 is 1.89 bits per heavy atom. The Bertz CT molecular complexity index is 374. The summed E-state index contributed by atoms with van der Waals surface area (Å²) in [5, 5.41) is 12.2. The number of nitrogens with one attached hydrogen (secondary N) is 1. The number of hydrogen-bond acceptors (Lipinski definition) is 2. The molecule has 1 saturated carbocycles. The van der Waals surface area contributed by atoms with E-state index in [1.165, 1.54) is 12.8 Å². The first-order chi connectivity index (χ1) is 9.11. The van der Waals surface area contributed by atoms with Crippen molar-refractivity contribution in [3.05, 3.63) is 12.2 Å². The molecular weight excluding hydrogens is 242 g/mol. The number of amides is 1. The molecule has 2 N–H and O–H groups in total. The molecule has 0 aromatic rings. The van der Waals surface area contributed by atoms with Gasteiger partial charge in [-0.25, -0.2) is 0 Å². The minimum atomic E-state index is -0.861. The average molecular weight is 265 g/mol. The Labute approximate surface area is 114 Å². The summed E-state index contributed by atoms with van der Waals surface area (Å²) >= 11 is 0. The second-order valence-corrected chi connectivity index (χ2v) is 5.79. The number of rotatable bonds is 6. The van der Waals surface area contributed by atoms with Crippen LogP contribution in [0.15, 0.2) is 12.2 Å². The number of carbonyl (C=O) groups is 2. The van der Waals surface area contributed by atoms with Crippen LogP contribution < -0.4 is 5.32 Å². The van der Waals surface area contributed by atoms with E-state index in [4.69, 9.17) is 0 Å². The van der Waals surface area contributed by atoms with E-state index in [0.717, 1.165) is 18.8 Å². The molecule has 1 amide bonds. The zero-order valence-corrected chi connectivity index (χ0v) is 11.5. The number of aliphatic carboxylic acids is 1. The molecule has 4 nitrogen and oxygen atoms in total. The van der Waals surface area contributed by atoms with Crippen LogP contribution in [-0.2, 0) is 9.59 Å². The predicted molar refractivity (Wildman–Crippen MR) is 72.6 cm³/mol. The molecule has 2 aliphatic carbocycles. The first-order valence-electron chi connectivity index (χ1n) is 7.30. The van der Waals surface area contributed by atoms with Gasteiger partial charge in [0.05, 0.1) is 11.8 Å². The van der Waals surface area contributed by atoms with Crippen molar-refractivity contribution in [2.45, 2.75) is 51.5 Å². The third-order valence-electron chi connectivity index (χ3n) is 4.24. The summed E-state index contributed by atoms with van der Waals surface area (Å²) in [6, 6.07) is 0.209. The molecule has 0 bridgehead atoms. The second kappa shape index (κ2) is 6.22. The van der Waals surface area contributed by atoms with Crippen molar-refractivity contribution in [2.75, 3.05) is 0 Å². The fourth-order valence-electron chi connectivity index (χ4n) is 2.77. The van der Waals surface area contributed by atoms with Crippen molar-refractivity contribution in [1.82, 2.24) is 5.32 Å². The molecule has 0 aromatic heterocycles. The maximum atomic E-state index is 12.3. The molecule has 4 heteroatoms.